The molecule has 0 radical (unpaired) electrons. The fourth-order valence-corrected chi connectivity index (χ4v) is 1.53. The lowest BCUT2D eigenvalue weighted by atomic mass is 10.3. The van der Waals surface area contributed by atoms with Gasteiger partial charge in [0.1, 0.15) is 17.8 Å². The van der Waals surface area contributed by atoms with Gasteiger partial charge in [-0.05, 0) is 13.8 Å². The topological polar surface area (TPSA) is 102 Å². The highest BCUT2D eigenvalue weighted by molar-refractivity contribution is 6.00. The van der Waals surface area contributed by atoms with Gasteiger partial charge in [-0.25, -0.2) is 14.6 Å². The number of nitrogens with two attached hydrogens (primary N) is 1. The van der Waals surface area contributed by atoms with Crippen molar-refractivity contribution >= 4 is 23.1 Å². The lowest BCUT2D eigenvalue weighted by molar-refractivity contribution is 0.321. The molecular weight excluding hydrogens is 208 g/mol. The second kappa shape index (κ2) is 3.76. The van der Waals surface area contributed by atoms with E-state index in [1.807, 2.05) is 13.8 Å². The standard InChI is InChI=1S/C9H12N6O/c1-5(2)15-9-7(6(14-15)3-13-16)8(10)11-4-12-9/h3-5,16H,1-2H3,(H2,10,11,12). The first-order valence-corrected chi connectivity index (χ1v) is 4.81. The summed E-state index contributed by atoms with van der Waals surface area (Å²) in [4.78, 5) is 8.03. The van der Waals surface area contributed by atoms with Gasteiger partial charge in [0.25, 0.3) is 0 Å². The van der Waals surface area contributed by atoms with E-state index in [2.05, 4.69) is 20.2 Å². The molecule has 0 saturated heterocycles. The van der Waals surface area contributed by atoms with Crippen LogP contribution in [-0.2, 0) is 0 Å². The molecule has 16 heavy (non-hydrogen) atoms. The zero-order valence-electron chi connectivity index (χ0n) is 8.99. The van der Waals surface area contributed by atoms with Gasteiger partial charge in [-0.3, -0.25) is 0 Å². The van der Waals surface area contributed by atoms with E-state index in [0.717, 1.165) is 0 Å². The Morgan fingerprint density at radius 2 is 2.25 bits per heavy atom. The zero-order valence-corrected chi connectivity index (χ0v) is 8.99. The van der Waals surface area contributed by atoms with Gasteiger partial charge in [-0.2, -0.15) is 5.10 Å². The Kier molecular flexibility index (Phi) is 2.43. The van der Waals surface area contributed by atoms with Crippen molar-refractivity contribution in [2.75, 3.05) is 5.73 Å². The monoisotopic (exact) mass is 220 g/mol. The predicted octanol–water partition coefficient (Wildman–Crippen LogP) is 0.798. The average Bonchev–Trinajstić information content (AvgIpc) is 2.59. The number of nitrogens with zero attached hydrogens (tertiary/aromatic N) is 5. The molecule has 0 amide bonds. The van der Waals surface area contributed by atoms with Crippen LogP contribution in [0.15, 0.2) is 11.5 Å². The summed E-state index contributed by atoms with van der Waals surface area (Å²) < 4.78 is 1.71. The first-order valence-electron chi connectivity index (χ1n) is 4.81. The molecule has 2 rings (SSSR count). The van der Waals surface area contributed by atoms with Gasteiger partial charge < -0.3 is 10.9 Å². The quantitative estimate of drug-likeness (QED) is 0.442. The fourth-order valence-electron chi connectivity index (χ4n) is 1.53. The number of oxime groups is 1. The minimum absolute atomic E-state index is 0.137. The van der Waals surface area contributed by atoms with Crippen molar-refractivity contribution in [3.63, 3.8) is 0 Å². The van der Waals surface area contributed by atoms with Crippen LogP contribution in [0.1, 0.15) is 25.6 Å². The van der Waals surface area contributed by atoms with Crippen LogP contribution >= 0.6 is 0 Å². The second-order valence-electron chi connectivity index (χ2n) is 3.63. The van der Waals surface area contributed by atoms with Crippen molar-refractivity contribution in [2.24, 2.45) is 5.16 Å². The molecule has 2 aromatic heterocycles. The Morgan fingerprint density at radius 1 is 1.50 bits per heavy atom. The first-order chi connectivity index (χ1) is 7.65. The molecule has 0 bridgehead atoms. The largest absolute Gasteiger partial charge is 0.411 e. The maximum absolute atomic E-state index is 8.56. The van der Waals surface area contributed by atoms with E-state index in [-0.39, 0.29) is 6.04 Å². The van der Waals surface area contributed by atoms with Gasteiger partial charge in [0.2, 0.25) is 0 Å². The summed E-state index contributed by atoms with van der Waals surface area (Å²) in [6.45, 7) is 3.95. The third kappa shape index (κ3) is 1.46. The fraction of sp³-hybridized carbons (Fsp3) is 0.333. The average molecular weight is 220 g/mol. The van der Waals surface area contributed by atoms with Crippen molar-refractivity contribution in [2.45, 2.75) is 19.9 Å². The third-order valence-electron chi connectivity index (χ3n) is 2.21. The van der Waals surface area contributed by atoms with Gasteiger partial charge >= 0.3 is 0 Å². The van der Waals surface area contributed by atoms with Crippen LogP contribution in [0.25, 0.3) is 11.0 Å². The van der Waals surface area contributed by atoms with Crippen LogP contribution in [0.5, 0.6) is 0 Å². The second-order valence-corrected chi connectivity index (χ2v) is 3.63. The highest BCUT2D eigenvalue weighted by Gasteiger charge is 2.15. The van der Waals surface area contributed by atoms with Crippen LogP contribution < -0.4 is 5.73 Å². The smallest absolute Gasteiger partial charge is 0.164 e. The first kappa shape index (κ1) is 10.3. The molecule has 0 unspecified atom stereocenters. The maximum Gasteiger partial charge on any atom is 0.164 e. The van der Waals surface area contributed by atoms with Gasteiger partial charge in [0.15, 0.2) is 5.65 Å². The van der Waals surface area contributed by atoms with Crippen molar-refractivity contribution in [1.82, 2.24) is 19.7 Å². The minimum atomic E-state index is 0.137. The molecule has 0 aliphatic rings. The van der Waals surface area contributed by atoms with E-state index in [9.17, 15) is 0 Å². The van der Waals surface area contributed by atoms with E-state index in [0.29, 0.717) is 22.5 Å². The predicted molar refractivity (Wildman–Crippen MR) is 59.5 cm³/mol. The maximum atomic E-state index is 8.56. The summed E-state index contributed by atoms with van der Waals surface area (Å²) in [5, 5.41) is 16.4. The highest BCUT2D eigenvalue weighted by Crippen LogP contribution is 2.22. The molecule has 0 fully saturated rings. The summed E-state index contributed by atoms with van der Waals surface area (Å²) in [7, 11) is 0. The molecule has 7 nitrogen and oxygen atoms in total. The summed E-state index contributed by atoms with van der Waals surface area (Å²) >= 11 is 0. The van der Waals surface area contributed by atoms with E-state index >= 15 is 0 Å². The van der Waals surface area contributed by atoms with Gasteiger partial charge in [-0.15, -0.1) is 0 Å². The van der Waals surface area contributed by atoms with Crippen LogP contribution in [0.4, 0.5) is 5.82 Å². The summed E-state index contributed by atoms with van der Waals surface area (Å²) in [6.07, 6.45) is 2.61. The van der Waals surface area contributed by atoms with E-state index in [1.165, 1.54) is 12.5 Å². The molecule has 0 aromatic carbocycles. The van der Waals surface area contributed by atoms with Crippen LogP contribution in [0, 0.1) is 0 Å². The molecule has 7 heteroatoms. The molecule has 0 spiro atoms. The van der Waals surface area contributed by atoms with E-state index in [4.69, 9.17) is 10.9 Å². The van der Waals surface area contributed by atoms with Crippen molar-refractivity contribution in [3.8, 4) is 0 Å². The van der Waals surface area contributed by atoms with Crippen LogP contribution in [0.2, 0.25) is 0 Å². The van der Waals surface area contributed by atoms with Crippen molar-refractivity contribution < 1.29 is 5.21 Å². The lowest BCUT2D eigenvalue weighted by Crippen LogP contribution is -2.04. The summed E-state index contributed by atoms with van der Waals surface area (Å²) in [5.74, 6) is 0.326. The molecule has 84 valence electrons. The van der Waals surface area contributed by atoms with Gasteiger partial charge in [0.05, 0.1) is 11.6 Å². The third-order valence-corrected chi connectivity index (χ3v) is 2.21. The number of anilines is 1. The van der Waals surface area contributed by atoms with E-state index < -0.39 is 0 Å². The summed E-state index contributed by atoms with van der Waals surface area (Å²) in [6, 6.07) is 0.137. The molecule has 2 heterocycles. The van der Waals surface area contributed by atoms with Gasteiger partial charge in [-0.1, -0.05) is 5.16 Å². The molecular formula is C9H12N6O. The Morgan fingerprint density at radius 3 is 2.88 bits per heavy atom. The number of rotatable bonds is 2. The van der Waals surface area contributed by atoms with Gasteiger partial charge in [0, 0.05) is 6.04 Å². The Balaban J connectivity index is 2.81. The minimum Gasteiger partial charge on any atom is -0.411 e. The van der Waals surface area contributed by atoms with E-state index in [1.54, 1.807) is 4.68 Å². The number of hydrogen-bond acceptors (Lipinski definition) is 6. The number of aromatic nitrogens is 4. The Hall–Kier alpha value is -2.18. The van der Waals surface area contributed by atoms with Crippen molar-refractivity contribution in [1.29, 1.82) is 0 Å². The summed E-state index contributed by atoms with van der Waals surface area (Å²) in [5.41, 5.74) is 6.85. The molecule has 3 N–H and O–H groups in total. The Labute approximate surface area is 91.6 Å². The molecule has 0 saturated carbocycles. The van der Waals surface area contributed by atoms with Crippen LogP contribution in [0.3, 0.4) is 0 Å². The molecule has 2 aromatic rings. The Bertz CT molecular complexity index is 544. The SMILES string of the molecule is CC(C)n1nc(C=NO)c2c(N)ncnc21. The van der Waals surface area contributed by atoms with Crippen molar-refractivity contribution in [3.05, 3.63) is 12.0 Å². The molecule has 0 aliphatic carbocycles. The molecule has 0 aliphatic heterocycles. The number of nitrogen functional groups attached to an aromatic ring is 1. The highest BCUT2D eigenvalue weighted by atomic mass is 16.4. The number of hydrogen-bond donors (Lipinski definition) is 2. The van der Waals surface area contributed by atoms with Crippen LogP contribution in [-0.4, -0.2) is 31.2 Å². The normalized spacial score (nSPS) is 11.9. The number of fused-ring (bicyclic) bond motifs is 1. The molecule has 0 atom stereocenters. The lowest BCUT2D eigenvalue weighted by Gasteiger charge is -2.05. The zero-order chi connectivity index (χ0) is 11.7.